The van der Waals surface area contributed by atoms with Crippen molar-refractivity contribution in [3.63, 3.8) is 0 Å². The van der Waals surface area contributed by atoms with E-state index in [1.165, 1.54) is 43.1 Å². The van der Waals surface area contributed by atoms with Gasteiger partial charge >= 0.3 is 0 Å². The maximum Gasteiger partial charge on any atom is 0.238 e. The summed E-state index contributed by atoms with van der Waals surface area (Å²) in [7, 11) is 0. The fourth-order valence-corrected chi connectivity index (χ4v) is 12.2. The van der Waals surface area contributed by atoms with Crippen LogP contribution >= 0.6 is 0 Å². The van der Waals surface area contributed by atoms with Crippen LogP contribution in [0.2, 0.25) is 0 Å². The van der Waals surface area contributed by atoms with Crippen molar-refractivity contribution in [2.45, 2.75) is 0 Å². The standard InChI is InChI=1S/C69H42N6/c1-3-18-43(19-4-1)67-70-68(44-20-5-2-6-21-44)72-69(71-67)75-64-39-35-48(73-61-31-14-11-28-54(61)55-29-12-15-32-62(55)73)42-60(64)58-38-37-57-56-30-13-16-33-63(56)74(65(57)66(58)75)47-23-17-22-45(40-47)46-34-36-53-51-26-8-7-24-49(51)50-25-9-10-27-52(50)59(53)41-46/h1-42H. The largest absolute Gasteiger partial charge is 0.309 e. The van der Waals surface area contributed by atoms with Gasteiger partial charge in [0.05, 0.1) is 33.1 Å². The molecule has 4 heterocycles. The molecule has 0 saturated carbocycles. The lowest BCUT2D eigenvalue weighted by molar-refractivity contribution is 0.953. The summed E-state index contributed by atoms with van der Waals surface area (Å²) >= 11 is 0. The van der Waals surface area contributed by atoms with E-state index >= 15 is 0 Å². The summed E-state index contributed by atoms with van der Waals surface area (Å²) in [5.74, 6) is 1.75. The molecule has 0 aliphatic rings. The van der Waals surface area contributed by atoms with E-state index in [9.17, 15) is 0 Å². The van der Waals surface area contributed by atoms with E-state index in [1.807, 2.05) is 36.4 Å². The van der Waals surface area contributed by atoms with Crippen LogP contribution in [0.3, 0.4) is 0 Å². The van der Waals surface area contributed by atoms with Gasteiger partial charge in [0.15, 0.2) is 11.6 Å². The highest BCUT2D eigenvalue weighted by Crippen LogP contribution is 2.44. The molecule has 6 heteroatoms. The van der Waals surface area contributed by atoms with E-state index in [1.54, 1.807) is 0 Å². The van der Waals surface area contributed by atoms with Gasteiger partial charge in [0.25, 0.3) is 0 Å². The third kappa shape index (κ3) is 6.24. The van der Waals surface area contributed by atoms with E-state index in [-0.39, 0.29) is 0 Å². The Balaban J connectivity index is 1.00. The first kappa shape index (κ1) is 41.4. The van der Waals surface area contributed by atoms with Crippen molar-refractivity contribution in [3.05, 3.63) is 255 Å². The van der Waals surface area contributed by atoms with Gasteiger partial charge < -0.3 is 9.13 Å². The summed E-state index contributed by atoms with van der Waals surface area (Å²) in [6, 6.07) is 91.8. The molecule has 6 nitrogen and oxygen atoms in total. The normalized spacial score (nSPS) is 12.0. The average molecular weight is 955 g/mol. The van der Waals surface area contributed by atoms with Gasteiger partial charge in [0, 0.05) is 54.8 Å². The molecule has 0 fully saturated rings. The molecule has 348 valence electrons. The van der Waals surface area contributed by atoms with E-state index in [4.69, 9.17) is 15.0 Å². The second-order valence-corrected chi connectivity index (χ2v) is 19.5. The predicted octanol–water partition coefficient (Wildman–Crippen LogP) is 17.6. The quantitative estimate of drug-likeness (QED) is 0.156. The van der Waals surface area contributed by atoms with Crippen LogP contribution in [0.4, 0.5) is 0 Å². The Morgan fingerprint density at radius 2 is 0.627 bits per heavy atom. The minimum absolute atomic E-state index is 0.543. The number of rotatable bonds is 6. The fraction of sp³-hybridized carbons (Fsp3) is 0. The summed E-state index contributed by atoms with van der Waals surface area (Å²) in [6.45, 7) is 0. The number of para-hydroxylation sites is 3. The lowest BCUT2D eigenvalue weighted by Gasteiger charge is -2.15. The van der Waals surface area contributed by atoms with Crippen LogP contribution < -0.4 is 0 Å². The van der Waals surface area contributed by atoms with Crippen LogP contribution in [0.15, 0.2) is 255 Å². The van der Waals surface area contributed by atoms with Crippen molar-refractivity contribution in [3.8, 4) is 51.2 Å². The predicted molar refractivity (Wildman–Crippen MR) is 312 cm³/mol. The van der Waals surface area contributed by atoms with Gasteiger partial charge in [0.1, 0.15) is 0 Å². The summed E-state index contributed by atoms with van der Waals surface area (Å²) in [6.07, 6.45) is 0. The summed E-state index contributed by atoms with van der Waals surface area (Å²) in [5.41, 5.74) is 12.8. The number of hydrogen-bond donors (Lipinski definition) is 0. The van der Waals surface area contributed by atoms with E-state index in [2.05, 4.69) is 232 Å². The molecule has 12 aromatic carbocycles. The van der Waals surface area contributed by atoms with Crippen LogP contribution in [0.5, 0.6) is 0 Å². The lowest BCUT2D eigenvalue weighted by atomic mass is 9.92. The molecule has 16 rings (SSSR count). The van der Waals surface area contributed by atoms with Crippen molar-refractivity contribution >= 4 is 97.7 Å². The second kappa shape index (κ2) is 16.2. The first-order valence-electron chi connectivity index (χ1n) is 25.5. The Morgan fingerprint density at radius 1 is 0.213 bits per heavy atom. The van der Waals surface area contributed by atoms with Crippen LogP contribution in [-0.2, 0) is 0 Å². The molecule has 0 spiro atoms. The second-order valence-electron chi connectivity index (χ2n) is 19.5. The minimum atomic E-state index is 0.543. The molecule has 0 atom stereocenters. The Hall–Kier alpha value is -10.2. The number of nitrogens with zero attached hydrogens (tertiary/aromatic N) is 6. The molecule has 0 N–H and O–H groups in total. The first-order chi connectivity index (χ1) is 37.2. The van der Waals surface area contributed by atoms with E-state index < -0.39 is 0 Å². The van der Waals surface area contributed by atoms with Gasteiger partial charge in [-0.15, -0.1) is 0 Å². The fourth-order valence-electron chi connectivity index (χ4n) is 12.2. The molecule has 0 unspecified atom stereocenters. The van der Waals surface area contributed by atoms with Crippen LogP contribution in [0.1, 0.15) is 0 Å². The van der Waals surface area contributed by atoms with Crippen LogP contribution in [0.25, 0.3) is 149 Å². The van der Waals surface area contributed by atoms with Gasteiger partial charge in [-0.3, -0.25) is 4.57 Å². The highest BCUT2D eigenvalue weighted by Gasteiger charge is 2.25. The molecule has 75 heavy (non-hydrogen) atoms. The first-order valence-corrected chi connectivity index (χ1v) is 25.5. The van der Waals surface area contributed by atoms with Gasteiger partial charge in [-0.1, -0.05) is 200 Å². The van der Waals surface area contributed by atoms with Gasteiger partial charge in [-0.25, -0.2) is 4.98 Å². The molecule has 0 aliphatic heterocycles. The molecule has 0 amide bonds. The lowest BCUT2D eigenvalue weighted by Crippen LogP contribution is -2.07. The summed E-state index contributed by atoms with van der Waals surface area (Å²) in [5, 5.41) is 14.5. The molecule has 0 saturated heterocycles. The molecule has 0 aliphatic carbocycles. The maximum absolute atomic E-state index is 5.43. The Bertz CT molecular complexity index is 4860. The molecule has 0 bridgehead atoms. The van der Waals surface area contributed by atoms with Crippen molar-refractivity contribution in [2.75, 3.05) is 0 Å². The van der Waals surface area contributed by atoms with Gasteiger partial charge in [-0.2, -0.15) is 9.97 Å². The zero-order valence-corrected chi connectivity index (χ0v) is 40.4. The van der Waals surface area contributed by atoms with Gasteiger partial charge in [0.2, 0.25) is 5.95 Å². The van der Waals surface area contributed by atoms with Crippen molar-refractivity contribution in [1.82, 2.24) is 28.7 Å². The van der Waals surface area contributed by atoms with Gasteiger partial charge in [-0.05, 0) is 98.0 Å². The number of benzene rings is 12. The number of aromatic nitrogens is 6. The molecule has 16 aromatic rings. The highest BCUT2D eigenvalue weighted by molar-refractivity contribution is 6.26. The smallest absolute Gasteiger partial charge is 0.238 e. The molecular formula is C69H42N6. The third-order valence-corrected chi connectivity index (χ3v) is 15.5. The number of fused-ring (bicyclic) bond motifs is 16. The van der Waals surface area contributed by atoms with Crippen LogP contribution in [-0.4, -0.2) is 28.7 Å². The third-order valence-electron chi connectivity index (χ3n) is 15.5. The SMILES string of the molecule is c1ccc(-c2nc(-c3ccccc3)nc(-n3c4ccc(-n5c6ccccc6c6ccccc65)cc4c4ccc5c6ccccc6n(-c6cccc(-c7ccc8c9ccccc9c9ccccc9c8c7)c6)c5c43)n2)cc1. The maximum atomic E-state index is 5.43. The zero-order chi connectivity index (χ0) is 49.1. The van der Waals surface area contributed by atoms with Crippen molar-refractivity contribution < 1.29 is 0 Å². The number of hydrogen-bond acceptors (Lipinski definition) is 3. The molecule has 0 radical (unpaired) electrons. The van der Waals surface area contributed by atoms with Crippen molar-refractivity contribution in [1.29, 1.82) is 0 Å². The molecule has 4 aromatic heterocycles. The Kier molecular flexibility index (Phi) is 8.94. The summed E-state index contributed by atoms with van der Waals surface area (Å²) in [4.78, 5) is 16.0. The van der Waals surface area contributed by atoms with Crippen molar-refractivity contribution in [2.24, 2.45) is 0 Å². The topological polar surface area (TPSA) is 53.5 Å². The summed E-state index contributed by atoms with van der Waals surface area (Å²) < 4.78 is 7.15. The van der Waals surface area contributed by atoms with Crippen LogP contribution in [0, 0.1) is 0 Å². The van der Waals surface area contributed by atoms with E-state index in [0.29, 0.717) is 17.6 Å². The minimum Gasteiger partial charge on any atom is -0.309 e. The monoisotopic (exact) mass is 954 g/mol. The molecular weight excluding hydrogens is 913 g/mol. The zero-order valence-electron chi connectivity index (χ0n) is 40.4. The average Bonchev–Trinajstić information content (AvgIpc) is 4.22. The van der Waals surface area contributed by atoms with E-state index in [0.717, 1.165) is 88.3 Å². The highest BCUT2D eigenvalue weighted by atomic mass is 15.2. The Labute approximate surface area is 430 Å². The Morgan fingerprint density at radius 3 is 1.23 bits per heavy atom.